The van der Waals surface area contributed by atoms with Crippen LogP contribution >= 0.6 is 0 Å². The Morgan fingerprint density at radius 2 is 1.75 bits per heavy atom. The van der Waals surface area contributed by atoms with Crippen LogP contribution in [-0.4, -0.2) is 14.8 Å². The minimum absolute atomic E-state index is 0.548. The Morgan fingerprint density at radius 3 is 2.38 bits per heavy atom. The van der Waals surface area contributed by atoms with E-state index in [4.69, 9.17) is 0 Å². The van der Waals surface area contributed by atoms with Gasteiger partial charge in [-0.2, -0.15) is 18.3 Å². The van der Waals surface area contributed by atoms with E-state index in [-0.39, 0.29) is 0 Å². The quantitative estimate of drug-likeness (QED) is 0.633. The zero-order valence-electron chi connectivity index (χ0n) is 12.7. The minimum atomic E-state index is -4.35. The first kappa shape index (κ1) is 15.8. The van der Waals surface area contributed by atoms with E-state index in [0.29, 0.717) is 16.9 Å². The smallest absolute Gasteiger partial charge is 0.248 e. The molecule has 0 saturated heterocycles. The summed E-state index contributed by atoms with van der Waals surface area (Å²) >= 11 is 0. The maximum absolute atomic E-state index is 12.6. The molecule has 0 amide bonds. The number of nitrogens with zero attached hydrogens (tertiary/aromatic N) is 3. The maximum atomic E-state index is 12.6. The van der Waals surface area contributed by atoms with E-state index in [1.807, 2.05) is 13.0 Å². The highest BCUT2D eigenvalue weighted by molar-refractivity contribution is 5.45. The van der Waals surface area contributed by atoms with Crippen molar-refractivity contribution in [3.05, 3.63) is 77.4 Å². The highest BCUT2D eigenvalue weighted by Gasteiger charge is 2.30. The van der Waals surface area contributed by atoms with Gasteiger partial charge in [-0.1, -0.05) is 12.0 Å². The van der Waals surface area contributed by atoms with E-state index < -0.39 is 11.7 Å². The van der Waals surface area contributed by atoms with Gasteiger partial charge in [-0.3, -0.25) is 0 Å². The SMILES string of the molecule is Cc1c(C#Cc2ccccn2)cnn1-c1ccc(C(F)(F)F)cc1. The average molecular weight is 327 g/mol. The molecule has 120 valence electrons. The Bertz CT molecular complexity index is 899. The van der Waals surface area contributed by atoms with Crippen molar-refractivity contribution in [1.82, 2.24) is 14.8 Å². The van der Waals surface area contributed by atoms with Crippen molar-refractivity contribution in [3.8, 4) is 17.5 Å². The van der Waals surface area contributed by atoms with Gasteiger partial charge >= 0.3 is 6.18 Å². The number of hydrogen-bond acceptors (Lipinski definition) is 2. The standard InChI is InChI=1S/C18H12F3N3/c1-13-14(5-8-16-4-2-3-11-22-16)12-23-24(13)17-9-6-15(7-10-17)18(19,20)21/h2-4,6-7,9-12H,1H3. The predicted octanol–water partition coefficient (Wildman–Crippen LogP) is 3.99. The topological polar surface area (TPSA) is 30.7 Å². The first-order chi connectivity index (χ1) is 11.4. The normalized spacial score (nSPS) is 11.0. The molecule has 3 nitrogen and oxygen atoms in total. The molecular formula is C18H12F3N3. The summed E-state index contributed by atoms with van der Waals surface area (Å²) in [7, 11) is 0. The fourth-order valence-corrected chi connectivity index (χ4v) is 2.15. The second kappa shape index (κ2) is 6.20. The van der Waals surface area contributed by atoms with Crippen LogP contribution in [0.2, 0.25) is 0 Å². The van der Waals surface area contributed by atoms with Gasteiger partial charge < -0.3 is 0 Å². The van der Waals surface area contributed by atoms with Gasteiger partial charge in [0.05, 0.1) is 28.7 Å². The molecule has 0 aliphatic carbocycles. The summed E-state index contributed by atoms with van der Waals surface area (Å²) < 4.78 is 39.4. The third-order valence-corrected chi connectivity index (χ3v) is 3.44. The molecule has 6 heteroatoms. The fourth-order valence-electron chi connectivity index (χ4n) is 2.15. The summed E-state index contributed by atoms with van der Waals surface area (Å²) in [6.07, 6.45) is -1.11. The molecule has 0 fully saturated rings. The van der Waals surface area contributed by atoms with Crippen molar-refractivity contribution in [2.24, 2.45) is 0 Å². The molecule has 24 heavy (non-hydrogen) atoms. The van der Waals surface area contributed by atoms with Crippen molar-refractivity contribution in [3.63, 3.8) is 0 Å². The number of hydrogen-bond donors (Lipinski definition) is 0. The van der Waals surface area contributed by atoms with Crippen LogP contribution in [0, 0.1) is 18.8 Å². The second-order valence-corrected chi connectivity index (χ2v) is 5.07. The van der Waals surface area contributed by atoms with Crippen molar-refractivity contribution in [2.75, 3.05) is 0 Å². The lowest BCUT2D eigenvalue weighted by Gasteiger charge is -2.08. The third kappa shape index (κ3) is 3.30. The Hall–Kier alpha value is -3.07. The monoisotopic (exact) mass is 327 g/mol. The fraction of sp³-hybridized carbons (Fsp3) is 0.111. The molecule has 0 aliphatic rings. The first-order valence-corrected chi connectivity index (χ1v) is 7.10. The number of halogens is 3. The summed E-state index contributed by atoms with van der Waals surface area (Å²) in [5, 5.41) is 4.20. The van der Waals surface area contributed by atoms with Crippen LogP contribution in [0.4, 0.5) is 13.2 Å². The lowest BCUT2D eigenvalue weighted by Crippen LogP contribution is -2.05. The molecule has 0 aliphatic heterocycles. The van der Waals surface area contributed by atoms with E-state index in [1.165, 1.54) is 12.1 Å². The van der Waals surface area contributed by atoms with Gasteiger partial charge in [-0.25, -0.2) is 9.67 Å². The zero-order chi connectivity index (χ0) is 17.2. The second-order valence-electron chi connectivity index (χ2n) is 5.07. The van der Waals surface area contributed by atoms with Crippen molar-refractivity contribution in [1.29, 1.82) is 0 Å². The molecule has 0 bridgehead atoms. The van der Waals surface area contributed by atoms with Gasteiger partial charge in [0.15, 0.2) is 0 Å². The zero-order valence-corrected chi connectivity index (χ0v) is 12.7. The lowest BCUT2D eigenvalue weighted by molar-refractivity contribution is -0.137. The van der Waals surface area contributed by atoms with Crippen LogP contribution in [-0.2, 0) is 6.18 Å². The Morgan fingerprint density at radius 1 is 1.00 bits per heavy atom. The van der Waals surface area contributed by atoms with Gasteiger partial charge in [0.25, 0.3) is 0 Å². The summed E-state index contributed by atoms with van der Waals surface area (Å²) in [6, 6.07) is 10.3. The van der Waals surface area contributed by atoms with Crippen LogP contribution in [0.25, 0.3) is 5.69 Å². The predicted molar refractivity (Wildman–Crippen MR) is 83.5 cm³/mol. The Labute approximate surface area is 136 Å². The van der Waals surface area contributed by atoms with E-state index >= 15 is 0 Å². The molecule has 0 unspecified atom stereocenters. The highest BCUT2D eigenvalue weighted by Crippen LogP contribution is 2.29. The van der Waals surface area contributed by atoms with Crippen molar-refractivity contribution >= 4 is 0 Å². The highest BCUT2D eigenvalue weighted by atomic mass is 19.4. The number of alkyl halides is 3. The summed E-state index contributed by atoms with van der Waals surface area (Å²) in [5.74, 6) is 5.91. The van der Waals surface area contributed by atoms with Crippen LogP contribution in [0.5, 0.6) is 0 Å². The lowest BCUT2D eigenvalue weighted by atomic mass is 10.2. The number of rotatable bonds is 1. The number of benzene rings is 1. The minimum Gasteiger partial charge on any atom is -0.248 e. The molecule has 3 rings (SSSR count). The van der Waals surface area contributed by atoms with Crippen molar-refractivity contribution < 1.29 is 13.2 Å². The Kier molecular flexibility index (Phi) is 4.09. The first-order valence-electron chi connectivity index (χ1n) is 7.10. The van der Waals surface area contributed by atoms with Gasteiger partial charge in [-0.15, -0.1) is 0 Å². The van der Waals surface area contributed by atoms with Gasteiger partial charge in [0.1, 0.15) is 5.69 Å². The molecule has 0 atom stereocenters. The molecule has 0 N–H and O–H groups in total. The summed E-state index contributed by atoms with van der Waals surface area (Å²) in [5.41, 5.74) is 1.94. The van der Waals surface area contributed by atoms with E-state index in [1.54, 1.807) is 29.2 Å². The van der Waals surface area contributed by atoms with Crippen molar-refractivity contribution in [2.45, 2.75) is 13.1 Å². The molecule has 0 radical (unpaired) electrons. The van der Waals surface area contributed by atoms with Gasteiger partial charge in [0, 0.05) is 6.20 Å². The number of aromatic nitrogens is 3. The third-order valence-electron chi connectivity index (χ3n) is 3.44. The average Bonchev–Trinajstić information content (AvgIpc) is 2.94. The molecule has 0 saturated carbocycles. The maximum Gasteiger partial charge on any atom is 0.416 e. The van der Waals surface area contributed by atoms with Crippen LogP contribution in [0.1, 0.15) is 22.5 Å². The summed E-state index contributed by atoms with van der Waals surface area (Å²) in [4.78, 5) is 4.11. The molecule has 3 aromatic rings. The number of pyridine rings is 1. The molecule has 0 spiro atoms. The largest absolute Gasteiger partial charge is 0.416 e. The molecular weight excluding hydrogens is 315 g/mol. The van der Waals surface area contributed by atoms with Gasteiger partial charge in [-0.05, 0) is 49.2 Å². The summed E-state index contributed by atoms with van der Waals surface area (Å²) in [6.45, 7) is 1.81. The van der Waals surface area contributed by atoms with Crippen LogP contribution < -0.4 is 0 Å². The molecule has 2 heterocycles. The van der Waals surface area contributed by atoms with E-state index in [0.717, 1.165) is 17.8 Å². The van der Waals surface area contributed by atoms with Gasteiger partial charge in [0.2, 0.25) is 0 Å². The molecule has 2 aromatic heterocycles. The van der Waals surface area contributed by atoms with E-state index in [9.17, 15) is 13.2 Å². The molecule has 1 aromatic carbocycles. The van der Waals surface area contributed by atoms with Crippen LogP contribution in [0.15, 0.2) is 54.9 Å². The van der Waals surface area contributed by atoms with E-state index in [2.05, 4.69) is 21.9 Å². The Balaban J connectivity index is 1.89. The van der Waals surface area contributed by atoms with Crippen LogP contribution in [0.3, 0.4) is 0 Å².